The second-order valence-corrected chi connectivity index (χ2v) is 6.79. The lowest BCUT2D eigenvalue weighted by Gasteiger charge is -2.20. The van der Waals surface area contributed by atoms with Gasteiger partial charge in [-0.3, -0.25) is 9.59 Å². The molecular formula is C18H25N3O2S. The molecule has 2 amide bonds. The van der Waals surface area contributed by atoms with Crippen molar-refractivity contribution >= 4 is 34.8 Å². The maximum atomic E-state index is 12.7. The fourth-order valence-electron chi connectivity index (χ4n) is 2.60. The molecule has 2 N–H and O–H groups in total. The van der Waals surface area contributed by atoms with Gasteiger partial charge in [-0.25, -0.2) is 0 Å². The van der Waals surface area contributed by atoms with E-state index in [9.17, 15) is 9.59 Å². The van der Waals surface area contributed by atoms with E-state index in [4.69, 9.17) is 12.2 Å². The van der Waals surface area contributed by atoms with Gasteiger partial charge in [0.25, 0.3) is 5.91 Å². The Morgan fingerprint density at radius 3 is 2.42 bits per heavy atom. The van der Waals surface area contributed by atoms with Crippen LogP contribution in [0.1, 0.15) is 49.9 Å². The maximum absolute atomic E-state index is 12.7. The highest BCUT2D eigenvalue weighted by atomic mass is 32.1. The SMILES string of the molecule is CC(C)C(=O)NC(=S)Nc1cccc(C(=O)N2CCCCCC2)c1. The van der Waals surface area contributed by atoms with Gasteiger partial charge in [-0.05, 0) is 43.3 Å². The summed E-state index contributed by atoms with van der Waals surface area (Å²) in [5, 5.41) is 5.84. The summed E-state index contributed by atoms with van der Waals surface area (Å²) < 4.78 is 0. The van der Waals surface area contributed by atoms with Crippen molar-refractivity contribution in [3.8, 4) is 0 Å². The number of carbonyl (C=O) groups is 2. The smallest absolute Gasteiger partial charge is 0.253 e. The lowest BCUT2D eigenvalue weighted by Crippen LogP contribution is -2.36. The number of hydrogen-bond donors (Lipinski definition) is 2. The van der Waals surface area contributed by atoms with E-state index < -0.39 is 0 Å². The number of likely N-dealkylation sites (tertiary alicyclic amines) is 1. The Hall–Kier alpha value is -1.95. The monoisotopic (exact) mass is 347 g/mol. The van der Waals surface area contributed by atoms with E-state index in [-0.39, 0.29) is 22.8 Å². The molecule has 0 spiro atoms. The van der Waals surface area contributed by atoms with Crippen LogP contribution in [0.15, 0.2) is 24.3 Å². The normalized spacial score (nSPS) is 14.9. The molecule has 0 atom stereocenters. The molecule has 1 aliphatic rings. The summed E-state index contributed by atoms with van der Waals surface area (Å²) >= 11 is 5.15. The molecule has 1 fully saturated rings. The number of anilines is 1. The fourth-order valence-corrected chi connectivity index (χ4v) is 2.82. The first-order chi connectivity index (χ1) is 11.5. The van der Waals surface area contributed by atoms with Crippen LogP contribution in [-0.4, -0.2) is 34.9 Å². The lowest BCUT2D eigenvalue weighted by molar-refractivity contribution is -0.122. The summed E-state index contributed by atoms with van der Waals surface area (Å²) in [4.78, 5) is 26.2. The van der Waals surface area contributed by atoms with E-state index >= 15 is 0 Å². The van der Waals surface area contributed by atoms with Crippen molar-refractivity contribution in [2.45, 2.75) is 39.5 Å². The van der Waals surface area contributed by atoms with E-state index in [0.29, 0.717) is 11.3 Å². The molecule has 0 aliphatic carbocycles. The Balaban J connectivity index is 2.01. The molecule has 1 saturated heterocycles. The van der Waals surface area contributed by atoms with Crippen LogP contribution in [0.5, 0.6) is 0 Å². The first-order valence-electron chi connectivity index (χ1n) is 8.48. The topological polar surface area (TPSA) is 61.4 Å². The molecule has 0 aromatic heterocycles. The van der Waals surface area contributed by atoms with E-state index in [1.807, 2.05) is 23.1 Å². The van der Waals surface area contributed by atoms with Gasteiger partial charge >= 0.3 is 0 Å². The zero-order valence-electron chi connectivity index (χ0n) is 14.3. The maximum Gasteiger partial charge on any atom is 0.253 e. The van der Waals surface area contributed by atoms with Crippen LogP contribution in [-0.2, 0) is 4.79 Å². The number of nitrogens with one attached hydrogen (secondary N) is 2. The van der Waals surface area contributed by atoms with Crippen molar-refractivity contribution in [3.05, 3.63) is 29.8 Å². The Morgan fingerprint density at radius 1 is 1.12 bits per heavy atom. The number of rotatable bonds is 3. The molecule has 1 aliphatic heterocycles. The minimum absolute atomic E-state index is 0.0534. The van der Waals surface area contributed by atoms with Crippen LogP contribution in [0.25, 0.3) is 0 Å². The first kappa shape index (κ1) is 18.4. The van der Waals surface area contributed by atoms with Gasteiger partial charge in [-0.15, -0.1) is 0 Å². The lowest BCUT2D eigenvalue weighted by atomic mass is 10.1. The van der Waals surface area contributed by atoms with E-state index in [2.05, 4.69) is 10.6 Å². The standard InChI is InChI=1S/C18H25N3O2S/c1-13(2)16(22)20-18(24)19-15-9-7-8-14(12-15)17(23)21-10-5-3-4-6-11-21/h7-9,12-13H,3-6,10-11H2,1-2H3,(H2,19,20,22,24). The van der Waals surface area contributed by atoms with Crippen molar-refractivity contribution in [2.24, 2.45) is 5.92 Å². The number of nitrogens with zero attached hydrogens (tertiary/aromatic N) is 1. The molecule has 2 rings (SSSR count). The van der Waals surface area contributed by atoms with Gasteiger partial charge in [-0.2, -0.15) is 0 Å². The third-order valence-electron chi connectivity index (χ3n) is 4.02. The van der Waals surface area contributed by atoms with Gasteiger partial charge in [0.1, 0.15) is 0 Å². The molecule has 1 aromatic rings. The molecule has 130 valence electrons. The van der Waals surface area contributed by atoms with E-state index in [1.165, 1.54) is 12.8 Å². The molecule has 0 bridgehead atoms. The second-order valence-electron chi connectivity index (χ2n) is 6.39. The van der Waals surface area contributed by atoms with Crippen LogP contribution in [0.3, 0.4) is 0 Å². The number of hydrogen-bond acceptors (Lipinski definition) is 3. The minimum Gasteiger partial charge on any atom is -0.339 e. The molecule has 24 heavy (non-hydrogen) atoms. The summed E-state index contributed by atoms with van der Waals surface area (Å²) in [7, 11) is 0. The molecule has 0 unspecified atom stereocenters. The average Bonchev–Trinajstić information content (AvgIpc) is 2.83. The molecule has 6 heteroatoms. The van der Waals surface area contributed by atoms with Crippen LogP contribution >= 0.6 is 12.2 Å². The van der Waals surface area contributed by atoms with Gasteiger partial charge in [0, 0.05) is 30.3 Å². The molecular weight excluding hydrogens is 322 g/mol. The second kappa shape index (κ2) is 8.78. The Kier molecular flexibility index (Phi) is 6.73. The molecule has 1 aromatic carbocycles. The zero-order chi connectivity index (χ0) is 17.5. The van der Waals surface area contributed by atoms with Crippen LogP contribution in [0.2, 0.25) is 0 Å². The minimum atomic E-state index is -0.138. The highest BCUT2D eigenvalue weighted by Gasteiger charge is 2.17. The van der Waals surface area contributed by atoms with Gasteiger partial charge in [-0.1, -0.05) is 32.8 Å². The summed E-state index contributed by atoms with van der Waals surface area (Å²) in [5.41, 5.74) is 1.34. The predicted molar refractivity (Wildman–Crippen MR) is 100 cm³/mol. The highest BCUT2D eigenvalue weighted by molar-refractivity contribution is 7.80. The van der Waals surface area contributed by atoms with E-state index in [0.717, 1.165) is 25.9 Å². The van der Waals surface area contributed by atoms with Crippen LogP contribution in [0, 0.1) is 5.92 Å². The zero-order valence-corrected chi connectivity index (χ0v) is 15.1. The van der Waals surface area contributed by atoms with Crippen LogP contribution < -0.4 is 10.6 Å². The number of thiocarbonyl (C=S) groups is 1. The van der Waals surface area contributed by atoms with Gasteiger partial charge < -0.3 is 15.5 Å². The first-order valence-corrected chi connectivity index (χ1v) is 8.89. The quantitative estimate of drug-likeness (QED) is 0.825. The van der Waals surface area contributed by atoms with Crippen molar-refractivity contribution in [3.63, 3.8) is 0 Å². The van der Waals surface area contributed by atoms with E-state index in [1.54, 1.807) is 19.9 Å². The fraction of sp³-hybridized carbons (Fsp3) is 0.500. The van der Waals surface area contributed by atoms with Crippen molar-refractivity contribution in [1.29, 1.82) is 0 Å². The number of carbonyl (C=O) groups excluding carboxylic acids is 2. The third-order valence-corrected chi connectivity index (χ3v) is 4.23. The van der Waals surface area contributed by atoms with Crippen molar-refractivity contribution < 1.29 is 9.59 Å². The summed E-state index contributed by atoms with van der Waals surface area (Å²) in [5.74, 6) is -0.220. The van der Waals surface area contributed by atoms with Crippen molar-refractivity contribution in [1.82, 2.24) is 10.2 Å². The Morgan fingerprint density at radius 2 is 1.79 bits per heavy atom. The van der Waals surface area contributed by atoms with Gasteiger partial charge in [0.2, 0.25) is 5.91 Å². The third kappa shape index (κ3) is 5.30. The summed E-state index contributed by atoms with van der Waals surface area (Å²) in [6.45, 7) is 5.25. The average molecular weight is 347 g/mol. The van der Waals surface area contributed by atoms with Gasteiger partial charge in [0.15, 0.2) is 5.11 Å². The molecule has 1 heterocycles. The Labute approximate surface area is 148 Å². The van der Waals surface area contributed by atoms with Crippen LogP contribution in [0.4, 0.5) is 5.69 Å². The predicted octanol–water partition coefficient (Wildman–Crippen LogP) is 3.17. The van der Waals surface area contributed by atoms with Crippen molar-refractivity contribution in [2.75, 3.05) is 18.4 Å². The molecule has 5 nitrogen and oxygen atoms in total. The summed E-state index contributed by atoms with van der Waals surface area (Å²) in [6, 6.07) is 7.24. The molecule has 0 saturated carbocycles. The largest absolute Gasteiger partial charge is 0.339 e. The van der Waals surface area contributed by atoms with Gasteiger partial charge in [0.05, 0.1) is 0 Å². The summed E-state index contributed by atoms with van der Waals surface area (Å²) in [6.07, 6.45) is 4.51. The molecule has 0 radical (unpaired) electrons. The highest BCUT2D eigenvalue weighted by Crippen LogP contribution is 2.16. The Bertz CT molecular complexity index is 608. The number of amides is 2. The number of benzene rings is 1.